The van der Waals surface area contributed by atoms with E-state index in [0.717, 1.165) is 57.7 Å². The van der Waals surface area contributed by atoms with Crippen molar-refractivity contribution in [3.63, 3.8) is 0 Å². The topological polar surface area (TPSA) is 72.2 Å². The number of unbranched alkanes of at least 4 members (excludes halogenated alkanes) is 14. The molecular weight excluding hydrogens is 576 g/mol. The summed E-state index contributed by atoms with van der Waals surface area (Å²) in [6.07, 6.45) is 55.2. The first-order chi connectivity index (χ1) is 23.1. The molecule has 0 aliphatic rings. The summed E-state index contributed by atoms with van der Waals surface area (Å²) >= 11 is 0. The zero-order valence-corrected chi connectivity index (χ0v) is 31.6. The number of rotatable bonds is 31. The molecule has 0 aliphatic carbocycles. The Hall–Kier alpha value is -2.46. The van der Waals surface area contributed by atoms with Gasteiger partial charge in [-0.15, -0.1) is 0 Å². The molecule has 4 heteroatoms. The molecule has 0 radical (unpaired) electrons. The van der Waals surface area contributed by atoms with Gasteiger partial charge in [0.05, 0.1) is 0 Å². The highest BCUT2D eigenvalue weighted by Gasteiger charge is 1.95. The molecule has 272 valence electrons. The highest BCUT2D eigenvalue weighted by atomic mass is 16.1. The van der Waals surface area contributed by atoms with Crippen LogP contribution in [0, 0.1) is 0 Å². The first kappa shape index (κ1) is 48.9. The number of hydrogen-bond donors (Lipinski definition) is 2. The molecule has 0 fully saturated rings. The first-order valence-corrected chi connectivity index (χ1v) is 19.4. The van der Waals surface area contributed by atoms with Gasteiger partial charge >= 0.3 is 0 Å². The lowest BCUT2D eigenvalue weighted by Gasteiger charge is -2.01. The number of nitrogens with two attached hydrogens (primary N) is 1. The van der Waals surface area contributed by atoms with E-state index in [4.69, 9.17) is 5.73 Å². The monoisotopic (exact) mass is 655 g/mol. The van der Waals surface area contributed by atoms with Crippen molar-refractivity contribution in [2.45, 2.75) is 175 Å². The van der Waals surface area contributed by atoms with Gasteiger partial charge in [0.2, 0.25) is 5.91 Å². The minimum Gasteiger partial charge on any atom is -0.370 e. The molecule has 0 saturated heterocycles. The van der Waals surface area contributed by atoms with Crippen molar-refractivity contribution in [1.82, 2.24) is 5.32 Å². The van der Waals surface area contributed by atoms with Crippen LogP contribution in [0.15, 0.2) is 72.9 Å². The Morgan fingerprint density at radius 3 is 1.21 bits per heavy atom. The molecule has 0 rings (SSSR count). The van der Waals surface area contributed by atoms with Gasteiger partial charge in [0.25, 0.3) is 0 Å². The van der Waals surface area contributed by atoms with E-state index in [-0.39, 0.29) is 5.91 Å². The summed E-state index contributed by atoms with van der Waals surface area (Å²) < 4.78 is 0. The van der Waals surface area contributed by atoms with E-state index in [0.29, 0.717) is 12.8 Å². The van der Waals surface area contributed by atoms with Gasteiger partial charge in [-0.1, -0.05) is 177 Å². The lowest BCUT2D eigenvalue weighted by molar-refractivity contribution is -0.118. The van der Waals surface area contributed by atoms with Gasteiger partial charge in [0.1, 0.15) is 6.29 Å². The summed E-state index contributed by atoms with van der Waals surface area (Å²) in [7, 11) is 2.01. The van der Waals surface area contributed by atoms with E-state index in [1.807, 2.05) is 7.05 Å². The molecule has 0 spiro atoms. The van der Waals surface area contributed by atoms with Crippen LogP contribution in [0.3, 0.4) is 0 Å². The zero-order chi connectivity index (χ0) is 35.2. The van der Waals surface area contributed by atoms with Crippen molar-refractivity contribution in [2.24, 2.45) is 5.73 Å². The molecule has 0 saturated carbocycles. The number of nitrogens with one attached hydrogen (secondary N) is 1. The van der Waals surface area contributed by atoms with Gasteiger partial charge in [-0.05, 0) is 71.4 Å². The third-order valence-electron chi connectivity index (χ3n) is 7.35. The maximum absolute atomic E-state index is 10.5. The Morgan fingerprint density at radius 2 is 0.851 bits per heavy atom. The highest BCUT2D eigenvalue weighted by molar-refractivity contribution is 5.73. The Morgan fingerprint density at radius 1 is 0.489 bits per heavy atom. The van der Waals surface area contributed by atoms with Crippen molar-refractivity contribution in [3.8, 4) is 0 Å². The molecule has 0 aromatic heterocycles. The fourth-order valence-electron chi connectivity index (χ4n) is 4.50. The standard InChI is InChI=1S/C22H32O.C14H29NO.C7H17N/c1-2-3-4-5-6-7-8-9-10-11-12-13-14-15-16-17-18-19-20-21-22-23;1-2-3-4-5-6-7-8-9-10-11-12-13-14(15)16;1-3-4-5-6-7-8-2/h3-4,6-7,9-10,12-13,15-16,18-19,22H,2,5,8,11,14,17,20-21H2,1H3;2-13H2,1H3,(H2,15,16);8H,3-7H2,1-2H3/b4-3-,7-6-,10-9-,13-12-,16-15-,19-18-;;. The summed E-state index contributed by atoms with van der Waals surface area (Å²) in [5.74, 6) is -0.157. The van der Waals surface area contributed by atoms with Crippen LogP contribution < -0.4 is 11.1 Å². The Kier molecular flexibility index (Phi) is 52.5. The Bertz CT molecular complexity index is 771. The summed E-state index contributed by atoms with van der Waals surface area (Å²) in [4.78, 5) is 20.6. The largest absolute Gasteiger partial charge is 0.370 e. The quantitative estimate of drug-likeness (QED) is 0.0444. The Balaban J connectivity index is -0.000000695. The molecule has 0 unspecified atom stereocenters. The molecule has 0 aliphatic heterocycles. The van der Waals surface area contributed by atoms with Crippen LogP contribution in [-0.2, 0) is 9.59 Å². The normalized spacial score (nSPS) is 11.7. The number of aldehydes is 1. The van der Waals surface area contributed by atoms with E-state index in [1.165, 1.54) is 96.4 Å². The predicted octanol–water partition coefficient (Wildman–Crippen LogP) is 12.6. The van der Waals surface area contributed by atoms with Crippen LogP contribution >= 0.6 is 0 Å². The van der Waals surface area contributed by atoms with Gasteiger partial charge in [0.15, 0.2) is 0 Å². The van der Waals surface area contributed by atoms with Crippen molar-refractivity contribution in [2.75, 3.05) is 13.6 Å². The molecule has 0 aromatic carbocycles. The molecule has 1 amide bonds. The SMILES string of the molecule is CC/C=C\C/C=C\C/C=C\C/C=C\C/C=C\C/C=C\CCC=O.CCCCCCCCCCCCCC(N)=O.CCCCCCNC. The summed E-state index contributed by atoms with van der Waals surface area (Å²) in [6, 6.07) is 0. The van der Waals surface area contributed by atoms with Crippen molar-refractivity contribution < 1.29 is 9.59 Å². The molecule has 47 heavy (non-hydrogen) atoms. The zero-order valence-electron chi connectivity index (χ0n) is 31.6. The molecule has 0 heterocycles. The fourth-order valence-corrected chi connectivity index (χ4v) is 4.50. The van der Waals surface area contributed by atoms with Crippen LogP contribution in [0.5, 0.6) is 0 Å². The van der Waals surface area contributed by atoms with E-state index in [9.17, 15) is 9.59 Å². The van der Waals surface area contributed by atoms with E-state index in [1.54, 1.807) is 0 Å². The molecule has 0 atom stereocenters. The van der Waals surface area contributed by atoms with Crippen molar-refractivity contribution in [3.05, 3.63) is 72.9 Å². The molecule has 3 N–H and O–H groups in total. The number of carbonyl (C=O) groups excluding carboxylic acids is 2. The van der Waals surface area contributed by atoms with Gasteiger partial charge in [-0.2, -0.15) is 0 Å². The van der Waals surface area contributed by atoms with E-state index >= 15 is 0 Å². The van der Waals surface area contributed by atoms with Crippen LogP contribution in [0.2, 0.25) is 0 Å². The number of amides is 1. The maximum atomic E-state index is 10.5. The minimum atomic E-state index is -0.157. The number of allylic oxidation sites excluding steroid dienone is 12. The first-order valence-electron chi connectivity index (χ1n) is 19.4. The summed E-state index contributed by atoms with van der Waals surface area (Å²) in [5, 5.41) is 3.13. The molecule has 0 aromatic rings. The van der Waals surface area contributed by atoms with Crippen molar-refractivity contribution in [1.29, 1.82) is 0 Å². The predicted molar refractivity (Wildman–Crippen MR) is 212 cm³/mol. The summed E-state index contributed by atoms with van der Waals surface area (Å²) in [6.45, 7) is 7.83. The number of hydrogen-bond acceptors (Lipinski definition) is 3. The minimum absolute atomic E-state index is 0.157. The van der Waals surface area contributed by atoms with Crippen LogP contribution in [-0.4, -0.2) is 25.8 Å². The van der Waals surface area contributed by atoms with Crippen molar-refractivity contribution >= 4 is 12.2 Å². The lowest BCUT2D eigenvalue weighted by atomic mass is 10.1. The number of primary amides is 1. The lowest BCUT2D eigenvalue weighted by Crippen LogP contribution is -2.09. The van der Waals surface area contributed by atoms with E-state index in [2.05, 4.69) is 99.0 Å². The van der Waals surface area contributed by atoms with Gasteiger partial charge in [-0.25, -0.2) is 0 Å². The van der Waals surface area contributed by atoms with Gasteiger partial charge in [-0.3, -0.25) is 4.79 Å². The van der Waals surface area contributed by atoms with Crippen LogP contribution in [0.4, 0.5) is 0 Å². The third-order valence-corrected chi connectivity index (χ3v) is 7.35. The number of carbonyl (C=O) groups is 2. The molecule has 4 nitrogen and oxygen atoms in total. The average molecular weight is 655 g/mol. The van der Waals surface area contributed by atoms with Gasteiger partial charge < -0.3 is 15.8 Å². The average Bonchev–Trinajstić information content (AvgIpc) is 3.07. The smallest absolute Gasteiger partial charge is 0.217 e. The summed E-state index contributed by atoms with van der Waals surface area (Å²) in [5.41, 5.74) is 5.07. The molecule has 0 bridgehead atoms. The maximum Gasteiger partial charge on any atom is 0.217 e. The second-order valence-corrected chi connectivity index (χ2v) is 12.1. The Labute approximate surface area is 293 Å². The van der Waals surface area contributed by atoms with Crippen LogP contribution in [0.25, 0.3) is 0 Å². The molecular formula is C43H78N2O2. The highest BCUT2D eigenvalue weighted by Crippen LogP contribution is 2.11. The van der Waals surface area contributed by atoms with E-state index < -0.39 is 0 Å². The van der Waals surface area contributed by atoms with Crippen LogP contribution in [0.1, 0.15) is 175 Å². The second kappa shape index (κ2) is 50.4. The fraction of sp³-hybridized carbons (Fsp3) is 0.674. The third kappa shape index (κ3) is 59.5. The van der Waals surface area contributed by atoms with Gasteiger partial charge in [0, 0.05) is 12.8 Å². The second-order valence-electron chi connectivity index (χ2n) is 12.1.